The number of amides is 1. The SMILES string of the molecule is CCC(CO)(CO)NC(=O)/C=C/c1cc(Cl)cc(Cl)c1. The van der Waals surface area contributed by atoms with E-state index in [1.54, 1.807) is 31.2 Å². The van der Waals surface area contributed by atoms with Crippen LogP contribution in [0.15, 0.2) is 24.3 Å². The van der Waals surface area contributed by atoms with Crippen molar-refractivity contribution in [1.29, 1.82) is 0 Å². The van der Waals surface area contributed by atoms with Gasteiger partial charge in [-0.2, -0.15) is 0 Å². The zero-order valence-corrected chi connectivity index (χ0v) is 12.6. The molecule has 4 nitrogen and oxygen atoms in total. The molecule has 0 unspecified atom stereocenters. The Bertz CT molecular complexity index is 471. The van der Waals surface area contributed by atoms with Crippen molar-refractivity contribution in [3.8, 4) is 0 Å². The van der Waals surface area contributed by atoms with E-state index in [2.05, 4.69) is 5.32 Å². The molecule has 110 valence electrons. The number of nitrogens with one attached hydrogen (secondary N) is 1. The summed E-state index contributed by atoms with van der Waals surface area (Å²) in [5.74, 6) is -0.411. The Morgan fingerprint density at radius 1 is 1.25 bits per heavy atom. The molecule has 0 radical (unpaired) electrons. The number of aliphatic hydroxyl groups is 2. The van der Waals surface area contributed by atoms with E-state index < -0.39 is 11.4 Å². The van der Waals surface area contributed by atoms with E-state index in [1.807, 2.05) is 0 Å². The van der Waals surface area contributed by atoms with Gasteiger partial charge in [-0.3, -0.25) is 4.79 Å². The van der Waals surface area contributed by atoms with Crippen LogP contribution in [0, 0.1) is 0 Å². The highest BCUT2D eigenvalue weighted by atomic mass is 35.5. The molecule has 6 heteroatoms. The zero-order chi connectivity index (χ0) is 15.2. The van der Waals surface area contributed by atoms with Crippen molar-refractivity contribution in [2.24, 2.45) is 0 Å². The molecule has 3 N–H and O–H groups in total. The van der Waals surface area contributed by atoms with E-state index in [1.165, 1.54) is 6.08 Å². The van der Waals surface area contributed by atoms with Crippen molar-refractivity contribution in [3.63, 3.8) is 0 Å². The standard InChI is InChI=1S/C14H17Cl2NO3/c1-2-14(8-18,9-19)17-13(20)4-3-10-5-11(15)7-12(16)6-10/h3-7,18-19H,2,8-9H2,1H3,(H,17,20)/b4-3+. The van der Waals surface area contributed by atoms with Gasteiger partial charge in [0.1, 0.15) is 0 Å². The van der Waals surface area contributed by atoms with Crippen LogP contribution in [0.3, 0.4) is 0 Å². The van der Waals surface area contributed by atoms with Gasteiger partial charge in [0, 0.05) is 16.1 Å². The first-order valence-electron chi connectivity index (χ1n) is 6.13. The lowest BCUT2D eigenvalue weighted by molar-refractivity contribution is -0.119. The van der Waals surface area contributed by atoms with Crippen molar-refractivity contribution >= 4 is 35.2 Å². The first kappa shape index (κ1) is 17.0. The number of aliphatic hydroxyl groups excluding tert-OH is 2. The summed E-state index contributed by atoms with van der Waals surface area (Å²) < 4.78 is 0. The monoisotopic (exact) mass is 317 g/mol. The Balaban J connectivity index is 2.77. The van der Waals surface area contributed by atoms with E-state index in [0.29, 0.717) is 22.0 Å². The molecular weight excluding hydrogens is 301 g/mol. The molecule has 0 heterocycles. The second-order valence-corrected chi connectivity index (χ2v) is 5.35. The predicted molar refractivity (Wildman–Crippen MR) is 80.8 cm³/mol. The second kappa shape index (κ2) is 7.64. The molecule has 0 aromatic heterocycles. The van der Waals surface area contributed by atoms with Crippen molar-refractivity contribution in [1.82, 2.24) is 5.32 Å². The van der Waals surface area contributed by atoms with Crippen molar-refractivity contribution in [2.45, 2.75) is 18.9 Å². The quantitative estimate of drug-likeness (QED) is 0.705. The highest BCUT2D eigenvalue weighted by Crippen LogP contribution is 2.19. The fourth-order valence-corrected chi connectivity index (χ4v) is 2.13. The Morgan fingerprint density at radius 2 is 1.80 bits per heavy atom. The van der Waals surface area contributed by atoms with Gasteiger partial charge < -0.3 is 15.5 Å². The highest BCUT2D eigenvalue weighted by molar-refractivity contribution is 6.34. The molecule has 1 rings (SSSR count). The summed E-state index contributed by atoms with van der Waals surface area (Å²) in [6.07, 6.45) is 3.28. The van der Waals surface area contributed by atoms with Crippen LogP contribution in [0.2, 0.25) is 10.0 Å². The molecule has 0 fully saturated rings. The zero-order valence-electron chi connectivity index (χ0n) is 11.1. The summed E-state index contributed by atoms with van der Waals surface area (Å²) in [5, 5.41) is 22.0. The van der Waals surface area contributed by atoms with Gasteiger partial charge in [0.25, 0.3) is 0 Å². The number of hydrogen-bond acceptors (Lipinski definition) is 3. The second-order valence-electron chi connectivity index (χ2n) is 4.48. The summed E-state index contributed by atoms with van der Waals surface area (Å²) in [6.45, 7) is 1.11. The van der Waals surface area contributed by atoms with Gasteiger partial charge in [0.05, 0.1) is 18.8 Å². The number of hydrogen-bond donors (Lipinski definition) is 3. The third-order valence-corrected chi connectivity index (χ3v) is 3.42. The fourth-order valence-electron chi connectivity index (χ4n) is 1.59. The number of rotatable bonds is 6. The minimum Gasteiger partial charge on any atom is -0.394 e. The topological polar surface area (TPSA) is 69.6 Å². The number of carbonyl (C=O) groups is 1. The maximum atomic E-state index is 11.8. The lowest BCUT2D eigenvalue weighted by Gasteiger charge is -2.29. The third-order valence-electron chi connectivity index (χ3n) is 2.98. The molecule has 0 aliphatic rings. The average molecular weight is 318 g/mol. The molecular formula is C14H17Cl2NO3. The smallest absolute Gasteiger partial charge is 0.244 e. The Labute approximate surface area is 128 Å². The lowest BCUT2D eigenvalue weighted by atomic mass is 9.98. The van der Waals surface area contributed by atoms with E-state index in [9.17, 15) is 15.0 Å². The summed E-state index contributed by atoms with van der Waals surface area (Å²) in [4.78, 5) is 11.8. The Hall–Kier alpha value is -1.07. The molecule has 0 saturated heterocycles. The van der Waals surface area contributed by atoms with Gasteiger partial charge in [-0.25, -0.2) is 0 Å². The van der Waals surface area contributed by atoms with Crippen LogP contribution in [0.25, 0.3) is 6.08 Å². The van der Waals surface area contributed by atoms with Gasteiger partial charge >= 0.3 is 0 Å². The maximum Gasteiger partial charge on any atom is 0.244 e. The lowest BCUT2D eigenvalue weighted by Crippen LogP contribution is -2.53. The molecule has 0 spiro atoms. The van der Waals surface area contributed by atoms with Gasteiger partial charge in [0.15, 0.2) is 0 Å². The molecule has 0 aliphatic carbocycles. The third kappa shape index (κ3) is 4.80. The molecule has 0 aliphatic heterocycles. The van der Waals surface area contributed by atoms with Gasteiger partial charge in [-0.1, -0.05) is 30.1 Å². The first-order valence-corrected chi connectivity index (χ1v) is 6.88. The normalized spacial score (nSPS) is 11.8. The average Bonchev–Trinajstić information content (AvgIpc) is 2.42. The summed E-state index contributed by atoms with van der Waals surface area (Å²) >= 11 is 11.7. The van der Waals surface area contributed by atoms with E-state index in [0.717, 1.165) is 0 Å². The van der Waals surface area contributed by atoms with Crippen LogP contribution < -0.4 is 5.32 Å². The van der Waals surface area contributed by atoms with Gasteiger partial charge in [-0.15, -0.1) is 0 Å². The van der Waals surface area contributed by atoms with Gasteiger partial charge in [0.2, 0.25) is 5.91 Å². The Morgan fingerprint density at radius 3 is 2.25 bits per heavy atom. The highest BCUT2D eigenvalue weighted by Gasteiger charge is 2.27. The van der Waals surface area contributed by atoms with Crippen LogP contribution in [0.5, 0.6) is 0 Å². The molecule has 0 atom stereocenters. The van der Waals surface area contributed by atoms with Crippen LogP contribution in [-0.2, 0) is 4.79 Å². The van der Waals surface area contributed by atoms with Crippen molar-refractivity contribution in [3.05, 3.63) is 39.9 Å². The molecule has 1 amide bonds. The minimum absolute atomic E-state index is 0.331. The molecule has 0 saturated carbocycles. The predicted octanol–water partition coefficient (Wildman–Crippen LogP) is 2.26. The minimum atomic E-state index is -1.01. The van der Waals surface area contributed by atoms with E-state index >= 15 is 0 Å². The molecule has 1 aromatic rings. The molecule has 1 aromatic carbocycles. The van der Waals surface area contributed by atoms with E-state index in [-0.39, 0.29) is 13.2 Å². The summed E-state index contributed by atoms with van der Waals surface area (Å²) in [6, 6.07) is 4.94. The number of carbonyl (C=O) groups excluding carboxylic acids is 1. The fraction of sp³-hybridized carbons (Fsp3) is 0.357. The maximum absolute atomic E-state index is 11.8. The van der Waals surface area contributed by atoms with Crippen LogP contribution in [0.4, 0.5) is 0 Å². The number of halogens is 2. The molecule has 20 heavy (non-hydrogen) atoms. The van der Waals surface area contributed by atoms with Crippen LogP contribution >= 0.6 is 23.2 Å². The van der Waals surface area contributed by atoms with Crippen molar-refractivity contribution in [2.75, 3.05) is 13.2 Å². The molecule has 0 bridgehead atoms. The number of benzene rings is 1. The van der Waals surface area contributed by atoms with Crippen molar-refractivity contribution < 1.29 is 15.0 Å². The van der Waals surface area contributed by atoms with Crippen LogP contribution in [-0.4, -0.2) is 34.9 Å². The summed E-state index contributed by atoms with van der Waals surface area (Å²) in [7, 11) is 0. The van der Waals surface area contributed by atoms with Gasteiger partial charge in [-0.05, 0) is 36.3 Å². The Kier molecular flexibility index (Phi) is 6.49. The van der Waals surface area contributed by atoms with E-state index in [4.69, 9.17) is 23.2 Å². The summed E-state index contributed by atoms with van der Waals surface area (Å²) in [5.41, 5.74) is -0.319. The largest absolute Gasteiger partial charge is 0.394 e. The van der Waals surface area contributed by atoms with Crippen LogP contribution in [0.1, 0.15) is 18.9 Å². The first-order chi connectivity index (χ1) is 9.44.